The number of rotatable bonds is 7. The number of nitrogens with one attached hydrogen (secondary N) is 1. The van der Waals surface area contributed by atoms with Crippen LogP contribution >= 0.6 is 0 Å². The fraction of sp³-hybridized carbons (Fsp3) is 0.429. The van der Waals surface area contributed by atoms with Crippen molar-refractivity contribution in [1.29, 1.82) is 0 Å². The molecule has 0 bridgehead atoms. The van der Waals surface area contributed by atoms with Gasteiger partial charge in [-0.15, -0.1) is 0 Å². The number of carbonyl (C=O) groups excluding carboxylic acids is 2. The minimum atomic E-state index is -0.667. The van der Waals surface area contributed by atoms with Crippen molar-refractivity contribution in [2.45, 2.75) is 13.0 Å². The summed E-state index contributed by atoms with van der Waals surface area (Å²) in [4.78, 5) is 23.1. The zero-order valence-corrected chi connectivity index (χ0v) is 11.8. The molecular weight excluding hydrogens is 262 g/mol. The molecule has 1 aromatic carbocycles. The first-order valence-electron chi connectivity index (χ1n) is 6.20. The lowest BCUT2D eigenvalue weighted by Crippen LogP contribution is -2.37. The molecule has 0 saturated heterocycles. The molecule has 0 unspecified atom stereocenters. The Labute approximate surface area is 118 Å². The Hall–Kier alpha value is -2.08. The molecule has 0 aliphatic heterocycles. The van der Waals surface area contributed by atoms with Crippen LogP contribution in [0.2, 0.25) is 0 Å². The Kier molecular flexibility index (Phi) is 6.52. The van der Waals surface area contributed by atoms with Crippen molar-refractivity contribution < 1.29 is 23.8 Å². The fourth-order valence-electron chi connectivity index (χ4n) is 1.49. The highest BCUT2D eigenvalue weighted by Gasteiger charge is 2.15. The lowest BCUT2D eigenvalue weighted by Gasteiger charge is -2.15. The van der Waals surface area contributed by atoms with Crippen molar-refractivity contribution in [1.82, 2.24) is 5.32 Å². The maximum absolute atomic E-state index is 11.7. The molecule has 1 amide bonds. The van der Waals surface area contributed by atoms with Crippen molar-refractivity contribution in [2.75, 3.05) is 27.4 Å². The van der Waals surface area contributed by atoms with E-state index >= 15 is 0 Å². The van der Waals surface area contributed by atoms with Gasteiger partial charge < -0.3 is 19.5 Å². The molecule has 0 aromatic heterocycles. The molecule has 1 atom stereocenters. The molecule has 1 N–H and O–H groups in total. The first-order chi connectivity index (χ1) is 9.58. The molecule has 110 valence electrons. The molecule has 0 fully saturated rings. The van der Waals surface area contributed by atoms with E-state index in [-0.39, 0.29) is 5.91 Å². The van der Waals surface area contributed by atoms with Gasteiger partial charge in [0, 0.05) is 13.7 Å². The Balaban J connectivity index is 2.59. The van der Waals surface area contributed by atoms with Gasteiger partial charge >= 0.3 is 5.97 Å². The van der Waals surface area contributed by atoms with E-state index in [2.05, 4.69) is 10.1 Å². The number of benzene rings is 1. The van der Waals surface area contributed by atoms with E-state index in [0.29, 0.717) is 24.5 Å². The minimum absolute atomic E-state index is 0.245. The van der Waals surface area contributed by atoms with Crippen LogP contribution < -0.4 is 10.1 Å². The predicted molar refractivity (Wildman–Crippen MR) is 72.8 cm³/mol. The van der Waals surface area contributed by atoms with Crippen LogP contribution in [0.3, 0.4) is 0 Å². The van der Waals surface area contributed by atoms with Gasteiger partial charge in [0.2, 0.25) is 0 Å². The number of amides is 1. The lowest BCUT2D eigenvalue weighted by molar-refractivity contribution is -0.127. The molecule has 0 aliphatic carbocycles. The zero-order valence-electron chi connectivity index (χ0n) is 11.8. The van der Waals surface area contributed by atoms with Gasteiger partial charge in [0.05, 0.1) is 19.3 Å². The van der Waals surface area contributed by atoms with E-state index in [1.54, 1.807) is 32.2 Å². The summed E-state index contributed by atoms with van der Waals surface area (Å²) in [7, 11) is 2.87. The highest BCUT2D eigenvalue weighted by molar-refractivity contribution is 5.89. The second-order valence-corrected chi connectivity index (χ2v) is 4.06. The number of hydrogen-bond acceptors (Lipinski definition) is 5. The third kappa shape index (κ3) is 4.89. The van der Waals surface area contributed by atoms with Crippen LogP contribution in [0.4, 0.5) is 0 Å². The number of esters is 1. The molecule has 0 heterocycles. The van der Waals surface area contributed by atoms with Crippen LogP contribution in [-0.4, -0.2) is 45.4 Å². The topological polar surface area (TPSA) is 73.9 Å². The van der Waals surface area contributed by atoms with E-state index in [1.165, 1.54) is 13.2 Å². The van der Waals surface area contributed by atoms with E-state index in [9.17, 15) is 9.59 Å². The van der Waals surface area contributed by atoms with Gasteiger partial charge in [0.25, 0.3) is 5.91 Å². The summed E-state index contributed by atoms with van der Waals surface area (Å²) < 4.78 is 14.9. The van der Waals surface area contributed by atoms with Crippen molar-refractivity contribution in [3.8, 4) is 5.75 Å². The quantitative estimate of drug-likeness (QED) is 0.596. The number of ether oxygens (including phenoxy) is 3. The molecule has 6 nitrogen and oxygen atoms in total. The maximum atomic E-state index is 11.7. The monoisotopic (exact) mass is 281 g/mol. The predicted octanol–water partition coefficient (Wildman–Crippen LogP) is 1.00. The van der Waals surface area contributed by atoms with Gasteiger partial charge in [-0.1, -0.05) is 6.07 Å². The summed E-state index contributed by atoms with van der Waals surface area (Å²) in [6, 6.07) is 6.48. The second-order valence-electron chi connectivity index (χ2n) is 4.06. The lowest BCUT2D eigenvalue weighted by atomic mass is 10.2. The largest absolute Gasteiger partial charge is 0.481 e. The smallest absolute Gasteiger partial charge is 0.337 e. The van der Waals surface area contributed by atoms with Gasteiger partial charge in [0.15, 0.2) is 6.10 Å². The number of carbonyl (C=O) groups is 2. The molecule has 1 rings (SSSR count). The van der Waals surface area contributed by atoms with Crippen LogP contribution in [0.5, 0.6) is 5.75 Å². The maximum Gasteiger partial charge on any atom is 0.337 e. The van der Waals surface area contributed by atoms with Crippen LogP contribution in [-0.2, 0) is 14.3 Å². The van der Waals surface area contributed by atoms with Crippen molar-refractivity contribution in [2.24, 2.45) is 0 Å². The Morgan fingerprint density at radius 2 is 2.05 bits per heavy atom. The van der Waals surface area contributed by atoms with Crippen molar-refractivity contribution in [3.63, 3.8) is 0 Å². The molecule has 0 radical (unpaired) electrons. The normalized spacial score (nSPS) is 11.6. The standard InChI is InChI=1S/C14H19NO5/c1-10(13(16)15-7-8-18-2)20-12-6-4-5-11(9-12)14(17)19-3/h4-6,9-10H,7-8H2,1-3H3,(H,15,16)/t10-/m0/s1. The Bertz CT molecular complexity index is 461. The van der Waals surface area contributed by atoms with E-state index in [0.717, 1.165) is 0 Å². The first kappa shape index (κ1) is 16.0. The third-order valence-electron chi connectivity index (χ3n) is 2.54. The Morgan fingerprint density at radius 1 is 1.30 bits per heavy atom. The molecular formula is C14H19NO5. The van der Waals surface area contributed by atoms with Gasteiger partial charge in [-0.05, 0) is 25.1 Å². The summed E-state index contributed by atoms with van der Waals surface area (Å²) in [5.74, 6) is -0.263. The SMILES string of the molecule is COCCNC(=O)[C@H](C)Oc1cccc(C(=O)OC)c1. The summed E-state index contributed by atoms with van der Waals surface area (Å²) in [5.41, 5.74) is 0.372. The van der Waals surface area contributed by atoms with Crippen LogP contribution in [0.1, 0.15) is 17.3 Å². The Morgan fingerprint density at radius 3 is 2.70 bits per heavy atom. The third-order valence-corrected chi connectivity index (χ3v) is 2.54. The van der Waals surface area contributed by atoms with Crippen LogP contribution in [0, 0.1) is 0 Å². The molecule has 1 aromatic rings. The van der Waals surface area contributed by atoms with Crippen molar-refractivity contribution >= 4 is 11.9 Å². The van der Waals surface area contributed by atoms with E-state index in [4.69, 9.17) is 9.47 Å². The zero-order chi connectivity index (χ0) is 15.0. The van der Waals surface area contributed by atoms with Crippen molar-refractivity contribution in [3.05, 3.63) is 29.8 Å². The number of hydrogen-bond donors (Lipinski definition) is 1. The fourth-order valence-corrected chi connectivity index (χ4v) is 1.49. The summed E-state index contributed by atoms with van der Waals surface area (Å²) in [6.45, 7) is 2.49. The summed E-state index contributed by atoms with van der Waals surface area (Å²) in [6.07, 6.45) is -0.667. The first-order valence-corrected chi connectivity index (χ1v) is 6.20. The highest BCUT2D eigenvalue weighted by Crippen LogP contribution is 2.15. The summed E-state index contributed by atoms with van der Waals surface area (Å²) >= 11 is 0. The minimum Gasteiger partial charge on any atom is -0.481 e. The second kappa shape index (κ2) is 8.16. The highest BCUT2D eigenvalue weighted by atomic mass is 16.5. The molecule has 6 heteroatoms. The summed E-state index contributed by atoms with van der Waals surface area (Å²) in [5, 5.41) is 2.67. The molecule has 0 aliphatic rings. The van der Waals surface area contributed by atoms with Gasteiger partial charge in [-0.2, -0.15) is 0 Å². The average molecular weight is 281 g/mol. The molecule has 20 heavy (non-hydrogen) atoms. The van der Waals surface area contributed by atoms with Gasteiger partial charge in [-0.25, -0.2) is 4.79 Å². The number of methoxy groups -OCH3 is 2. The van der Waals surface area contributed by atoms with E-state index < -0.39 is 12.1 Å². The van der Waals surface area contributed by atoms with Gasteiger partial charge in [-0.3, -0.25) is 4.79 Å². The van der Waals surface area contributed by atoms with Gasteiger partial charge in [0.1, 0.15) is 5.75 Å². The van der Waals surface area contributed by atoms with Crippen LogP contribution in [0.15, 0.2) is 24.3 Å². The molecule has 0 saturated carbocycles. The average Bonchev–Trinajstić information content (AvgIpc) is 2.46. The van der Waals surface area contributed by atoms with E-state index in [1.807, 2.05) is 0 Å². The van der Waals surface area contributed by atoms with Crippen LogP contribution in [0.25, 0.3) is 0 Å². The molecule has 0 spiro atoms.